The zero-order valence-electron chi connectivity index (χ0n) is 16.3. The molecule has 1 heterocycles. The smallest absolute Gasteiger partial charge is 0.315 e. The number of benzene rings is 1. The number of carbonyl (C=O) groups is 1. The Kier molecular flexibility index (Phi) is 7.79. The Labute approximate surface area is 160 Å². The Morgan fingerprint density at radius 2 is 2.00 bits per heavy atom. The molecule has 0 bridgehead atoms. The summed E-state index contributed by atoms with van der Waals surface area (Å²) in [5.41, 5.74) is 1.11. The highest BCUT2D eigenvalue weighted by molar-refractivity contribution is 6.00. The first-order chi connectivity index (χ1) is 13.0. The van der Waals surface area contributed by atoms with Gasteiger partial charge in [-0.25, -0.2) is 0 Å². The van der Waals surface area contributed by atoms with Crippen LogP contribution in [0.3, 0.4) is 0 Å². The Balaban J connectivity index is 2.43. The second-order valence-electron chi connectivity index (χ2n) is 6.52. The highest BCUT2D eigenvalue weighted by Crippen LogP contribution is 2.39. The lowest BCUT2D eigenvalue weighted by atomic mass is 9.99. The van der Waals surface area contributed by atoms with E-state index in [1.54, 1.807) is 12.1 Å². The predicted molar refractivity (Wildman–Crippen MR) is 104 cm³/mol. The Bertz CT molecular complexity index is 715. The molecule has 148 valence electrons. The number of nitrogens with zero attached hydrogens (tertiary/aromatic N) is 2. The average molecular weight is 376 g/mol. The number of piperidine rings is 1. The normalized spacial score (nSPS) is 16.6. The van der Waals surface area contributed by atoms with Gasteiger partial charge in [-0.2, -0.15) is 0 Å². The summed E-state index contributed by atoms with van der Waals surface area (Å²) in [5, 5.41) is 11.6. The summed E-state index contributed by atoms with van der Waals surface area (Å²) >= 11 is 0. The van der Waals surface area contributed by atoms with Gasteiger partial charge in [-0.15, -0.1) is 0 Å². The highest BCUT2D eigenvalue weighted by Gasteiger charge is 2.24. The summed E-state index contributed by atoms with van der Waals surface area (Å²) < 4.78 is 11.2. The maximum atomic E-state index is 12.3. The van der Waals surface area contributed by atoms with Gasteiger partial charge in [-0.05, 0) is 44.0 Å². The standard InChI is InChI=1S/C20H28N2O5/c1-4-8-21-9-7-18(23)16(14-21)11-15-12-17(22(24)25)20(27-10-5-2)19(13-15)26-6-3/h11-13H,4-10,14H2,1-3H3/b16-11+. The number of hydrogen-bond acceptors (Lipinski definition) is 6. The van der Waals surface area contributed by atoms with E-state index in [0.29, 0.717) is 43.1 Å². The number of Topliss-reactive ketones (excluding diaryl/α,β-unsaturated/α-hetero) is 1. The molecule has 0 saturated carbocycles. The highest BCUT2D eigenvalue weighted by atomic mass is 16.6. The fourth-order valence-electron chi connectivity index (χ4n) is 3.10. The van der Waals surface area contributed by atoms with E-state index >= 15 is 0 Å². The van der Waals surface area contributed by atoms with Crippen LogP contribution in [0.4, 0.5) is 5.69 Å². The third-order valence-electron chi connectivity index (χ3n) is 4.29. The van der Waals surface area contributed by atoms with E-state index in [0.717, 1.165) is 25.9 Å². The second-order valence-corrected chi connectivity index (χ2v) is 6.52. The lowest BCUT2D eigenvalue weighted by Gasteiger charge is -2.27. The first-order valence-electron chi connectivity index (χ1n) is 9.54. The van der Waals surface area contributed by atoms with Crippen LogP contribution in [-0.2, 0) is 4.79 Å². The molecule has 0 radical (unpaired) electrons. The molecule has 0 amide bonds. The van der Waals surface area contributed by atoms with Crippen LogP contribution in [0.2, 0.25) is 0 Å². The fraction of sp³-hybridized carbons (Fsp3) is 0.550. The fourth-order valence-corrected chi connectivity index (χ4v) is 3.10. The average Bonchev–Trinajstić information content (AvgIpc) is 2.63. The molecule has 2 rings (SSSR count). The molecule has 1 fully saturated rings. The summed E-state index contributed by atoms with van der Waals surface area (Å²) in [5.74, 6) is 0.573. The number of carbonyl (C=O) groups excluding carboxylic acids is 1. The summed E-state index contributed by atoms with van der Waals surface area (Å²) in [7, 11) is 0. The van der Waals surface area contributed by atoms with Gasteiger partial charge in [0.25, 0.3) is 0 Å². The zero-order valence-corrected chi connectivity index (χ0v) is 16.3. The number of likely N-dealkylation sites (tertiary alicyclic amines) is 1. The molecule has 7 heteroatoms. The van der Waals surface area contributed by atoms with E-state index in [4.69, 9.17) is 9.47 Å². The van der Waals surface area contributed by atoms with Crippen molar-refractivity contribution in [3.63, 3.8) is 0 Å². The van der Waals surface area contributed by atoms with Gasteiger partial charge >= 0.3 is 5.69 Å². The van der Waals surface area contributed by atoms with Crippen LogP contribution >= 0.6 is 0 Å². The van der Waals surface area contributed by atoms with Gasteiger partial charge < -0.3 is 9.47 Å². The summed E-state index contributed by atoms with van der Waals surface area (Å²) in [4.78, 5) is 25.6. The van der Waals surface area contributed by atoms with Crippen molar-refractivity contribution in [2.75, 3.05) is 32.8 Å². The van der Waals surface area contributed by atoms with Crippen LogP contribution in [0.15, 0.2) is 17.7 Å². The Morgan fingerprint density at radius 3 is 2.63 bits per heavy atom. The van der Waals surface area contributed by atoms with Crippen molar-refractivity contribution in [2.45, 2.75) is 40.0 Å². The molecule has 7 nitrogen and oxygen atoms in total. The molecular weight excluding hydrogens is 348 g/mol. The van der Waals surface area contributed by atoms with Crippen molar-refractivity contribution in [1.29, 1.82) is 0 Å². The number of rotatable bonds is 9. The first kappa shape index (κ1) is 20.9. The second kappa shape index (κ2) is 10.1. The van der Waals surface area contributed by atoms with E-state index in [9.17, 15) is 14.9 Å². The lowest BCUT2D eigenvalue weighted by Crippen LogP contribution is -2.36. The van der Waals surface area contributed by atoms with Gasteiger partial charge in [0.1, 0.15) is 0 Å². The van der Waals surface area contributed by atoms with Crippen molar-refractivity contribution in [3.05, 3.63) is 33.4 Å². The van der Waals surface area contributed by atoms with Gasteiger partial charge in [-0.1, -0.05) is 13.8 Å². The molecule has 1 aliphatic heterocycles. The molecule has 1 aromatic rings. The largest absolute Gasteiger partial charge is 0.490 e. The molecule has 1 aromatic carbocycles. The van der Waals surface area contributed by atoms with Crippen molar-refractivity contribution in [3.8, 4) is 11.5 Å². The van der Waals surface area contributed by atoms with Crippen LogP contribution in [0.5, 0.6) is 11.5 Å². The first-order valence-corrected chi connectivity index (χ1v) is 9.54. The third kappa shape index (κ3) is 5.53. The maximum Gasteiger partial charge on any atom is 0.315 e. The molecule has 0 atom stereocenters. The monoisotopic (exact) mass is 376 g/mol. The van der Waals surface area contributed by atoms with Crippen LogP contribution in [0.25, 0.3) is 6.08 Å². The number of nitro groups is 1. The molecule has 0 aliphatic carbocycles. The van der Waals surface area contributed by atoms with Gasteiger partial charge in [0.05, 0.1) is 18.1 Å². The molecule has 0 spiro atoms. The zero-order chi connectivity index (χ0) is 19.8. The molecule has 0 N–H and O–H groups in total. The summed E-state index contributed by atoms with van der Waals surface area (Å²) in [6.45, 7) is 8.84. The number of hydrogen-bond donors (Lipinski definition) is 0. The molecule has 0 unspecified atom stereocenters. The molecule has 1 saturated heterocycles. The maximum absolute atomic E-state index is 12.3. The van der Waals surface area contributed by atoms with Crippen molar-refractivity contribution < 1.29 is 19.2 Å². The molecule has 27 heavy (non-hydrogen) atoms. The van der Waals surface area contributed by atoms with Crippen LogP contribution in [0.1, 0.15) is 45.6 Å². The van der Waals surface area contributed by atoms with Crippen LogP contribution < -0.4 is 9.47 Å². The topological polar surface area (TPSA) is 81.9 Å². The van der Waals surface area contributed by atoms with Crippen molar-refractivity contribution in [1.82, 2.24) is 4.90 Å². The Morgan fingerprint density at radius 1 is 1.22 bits per heavy atom. The quantitative estimate of drug-likeness (QED) is 0.370. The SMILES string of the molecule is CCCOc1c(OCC)cc(/C=C2\CN(CCC)CCC2=O)cc1[N+](=O)[O-]. The van der Waals surface area contributed by atoms with Crippen LogP contribution in [0, 0.1) is 10.1 Å². The Hall–Kier alpha value is -2.41. The van der Waals surface area contributed by atoms with E-state index in [2.05, 4.69) is 11.8 Å². The summed E-state index contributed by atoms with van der Waals surface area (Å²) in [6, 6.07) is 3.16. The molecule has 1 aliphatic rings. The van der Waals surface area contributed by atoms with E-state index in [1.165, 1.54) is 6.07 Å². The summed E-state index contributed by atoms with van der Waals surface area (Å²) in [6.07, 6.45) is 3.97. The van der Waals surface area contributed by atoms with Gasteiger partial charge in [0.2, 0.25) is 5.75 Å². The minimum Gasteiger partial charge on any atom is -0.490 e. The van der Waals surface area contributed by atoms with Crippen molar-refractivity contribution in [2.24, 2.45) is 0 Å². The van der Waals surface area contributed by atoms with E-state index < -0.39 is 4.92 Å². The van der Waals surface area contributed by atoms with Gasteiger partial charge in [0, 0.05) is 31.1 Å². The number of ether oxygens (including phenoxy) is 2. The minimum absolute atomic E-state index is 0.0919. The van der Waals surface area contributed by atoms with E-state index in [-0.39, 0.29) is 17.2 Å². The minimum atomic E-state index is -0.471. The third-order valence-corrected chi connectivity index (χ3v) is 4.29. The van der Waals surface area contributed by atoms with Gasteiger partial charge in [0.15, 0.2) is 11.5 Å². The molecule has 0 aromatic heterocycles. The molecular formula is C20H28N2O5. The van der Waals surface area contributed by atoms with Crippen LogP contribution in [-0.4, -0.2) is 48.5 Å². The van der Waals surface area contributed by atoms with Crippen molar-refractivity contribution >= 4 is 17.5 Å². The predicted octanol–water partition coefficient (Wildman–Crippen LogP) is 3.85. The number of ketones is 1. The van der Waals surface area contributed by atoms with Gasteiger partial charge in [-0.3, -0.25) is 19.8 Å². The lowest BCUT2D eigenvalue weighted by molar-refractivity contribution is -0.386. The number of nitro benzene ring substituents is 1. The van der Waals surface area contributed by atoms with E-state index in [1.807, 2.05) is 13.8 Å².